The monoisotopic (exact) mass is 346 g/mol. The number of carbonyl (C=O) groups excluding carboxylic acids is 2. The second-order valence-corrected chi connectivity index (χ2v) is 5.12. The lowest BCUT2D eigenvalue weighted by Gasteiger charge is -2.08. The molecule has 0 bridgehead atoms. The van der Waals surface area contributed by atoms with Gasteiger partial charge in [-0.2, -0.15) is 0 Å². The SMILES string of the molecule is O=Cc1ccc(OCC(=O)NCCc2ccc(F)cc2)c([N+](=O)[O-])c1. The van der Waals surface area contributed by atoms with E-state index in [0.717, 1.165) is 11.6 Å². The van der Waals surface area contributed by atoms with E-state index >= 15 is 0 Å². The van der Waals surface area contributed by atoms with Gasteiger partial charge in [-0.15, -0.1) is 0 Å². The normalized spacial score (nSPS) is 10.1. The molecule has 130 valence electrons. The molecule has 0 unspecified atom stereocenters. The average molecular weight is 346 g/mol. The first kappa shape index (κ1) is 18.1. The van der Waals surface area contributed by atoms with Gasteiger partial charge in [-0.05, 0) is 36.2 Å². The van der Waals surface area contributed by atoms with Crippen LogP contribution < -0.4 is 10.1 Å². The number of halogens is 1. The van der Waals surface area contributed by atoms with Crippen LogP contribution in [0.5, 0.6) is 5.75 Å². The fourth-order valence-corrected chi connectivity index (χ4v) is 2.06. The Hall–Kier alpha value is -3.29. The van der Waals surface area contributed by atoms with E-state index in [1.807, 2.05) is 0 Å². The highest BCUT2D eigenvalue weighted by molar-refractivity contribution is 5.79. The van der Waals surface area contributed by atoms with Crippen molar-refractivity contribution in [1.29, 1.82) is 0 Å². The molecule has 2 rings (SSSR count). The summed E-state index contributed by atoms with van der Waals surface area (Å²) in [4.78, 5) is 32.7. The highest BCUT2D eigenvalue weighted by atomic mass is 19.1. The maximum atomic E-state index is 12.8. The Bertz CT molecular complexity index is 777. The topological polar surface area (TPSA) is 98.5 Å². The van der Waals surface area contributed by atoms with Gasteiger partial charge in [0.2, 0.25) is 0 Å². The molecule has 0 atom stereocenters. The smallest absolute Gasteiger partial charge is 0.311 e. The number of rotatable bonds is 8. The number of ether oxygens (including phenoxy) is 1. The molecule has 2 aromatic carbocycles. The maximum absolute atomic E-state index is 12.8. The van der Waals surface area contributed by atoms with Crippen molar-refractivity contribution >= 4 is 17.9 Å². The summed E-state index contributed by atoms with van der Waals surface area (Å²) in [6, 6.07) is 9.63. The van der Waals surface area contributed by atoms with Gasteiger partial charge in [0.05, 0.1) is 4.92 Å². The Morgan fingerprint density at radius 3 is 2.60 bits per heavy atom. The minimum atomic E-state index is -0.686. The predicted octanol–water partition coefficient (Wildman–Crippen LogP) is 2.28. The Labute approximate surface area is 142 Å². The number of nitrogens with zero attached hydrogens (tertiary/aromatic N) is 1. The largest absolute Gasteiger partial charge is 0.477 e. The van der Waals surface area contributed by atoms with Gasteiger partial charge >= 0.3 is 5.69 Å². The van der Waals surface area contributed by atoms with E-state index in [4.69, 9.17) is 4.74 Å². The molecule has 0 aliphatic carbocycles. The zero-order valence-electron chi connectivity index (χ0n) is 13.1. The molecule has 0 aliphatic heterocycles. The summed E-state index contributed by atoms with van der Waals surface area (Å²) in [5.41, 5.74) is 0.620. The molecule has 7 nitrogen and oxygen atoms in total. The number of carbonyl (C=O) groups is 2. The number of hydrogen-bond acceptors (Lipinski definition) is 5. The van der Waals surface area contributed by atoms with Gasteiger partial charge in [0.25, 0.3) is 5.91 Å². The Kier molecular flexibility index (Phi) is 6.16. The van der Waals surface area contributed by atoms with Crippen molar-refractivity contribution in [2.45, 2.75) is 6.42 Å². The number of nitrogens with one attached hydrogen (secondary N) is 1. The van der Waals surface area contributed by atoms with Crippen molar-refractivity contribution in [3.8, 4) is 5.75 Å². The van der Waals surface area contributed by atoms with Crippen molar-refractivity contribution in [2.75, 3.05) is 13.2 Å². The first-order valence-electron chi connectivity index (χ1n) is 7.37. The Morgan fingerprint density at radius 1 is 1.24 bits per heavy atom. The third-order valence-electron chi connectivity index (χ3n) is 3.32. The van der Waals surface area contributed by atoms with Crippen LogP contribution in [0.15, 0.2) is 42.5 Å². The molecular formula is C17H15FN2O5. The summed E-state index contributed by atoms with van der Waals surface area (Å²) in [5.74, 6) is -0.872. The van der Waals surface area contributed by atoms with Crippen LogP contribution in [0.2, 0.25) is 0 Å². The molecule has 1 amide bonds. The van der Waals surface area contributed by atoms with Crippen LogP contribution in [0, 0.1) is 15.9 Å². The van der Waals surface area contributed by atoms with Crippen LogP contribution in [0.3, 0.4) is 0 Å². The van der Waals surface area contributed by atoms with Crippen LogP contribution in [0.1, 0.15) is 15.9 Å². The van der Waals surface area contributed by atoms with Crippen LogP contribution in [0.4, 0.5) is 10.1 Å². The van der Waals surface area contributed by atoms with Gasteiger partial charge in [0, 0.05) is 18.2 Å². The van der Waals surface area contributed by atoms with Gasteiger partial charge in [-0.25, -0.2) is 4.39 Å². The molecule has 0 fully saturated rings. The number of nitro benzene ring substituents is 1. The van der Waals surface area contributed by atoms with Crippen molar-refractivity contribution in [3.63, 3.8) is 0 Å². The second-order valence-electron chi connectivity index (χ2n) is 5.12. The van der Waals surface area contributed by atoms with Crippen molar-refractivity contribution in [1.82, 2.24) is 5.32 Å². The van der Waals surface area contributed by atoms with E-state index in [2.05, 4.69) is 5.32 Å². The third-order valence-corrected chi connectivity index (χ3v) is 3.32. The maximum Gasteiger partial charge on any atom is 0.311 e. The summed E-state index contributed by atoms with van der Waals surface area (Å²) in [6.07, 6.45) is 0.999. The van der Waals surface area contributed by atoms with Gasteiger partial charge in [-0.3, -0.25) is 19.7 Å². The van der Waals surface area contributed by atoms with Gasteiger partial charge in [0.1, 0.15) is 12.1 Å². The Morgan fingerprint density at radius 2 is 1.96 bits per heavy atom. The highest BCUT2D eigenvalue weighted by Gasteiger charge is 2.17. The zero-order valence-corrected chi connectivity index (χ0v) is 13.1. The molecule has 0 saturated carbocycles. The molecule has 1 N–H and O–H groups in total. The van der Waals surface area contributed by atoms with Crippen LogP contribution in [-0.2, 0) is 11.2 Å². The molecule has 0 radical (unpaired) electrons. The minimum absolute atomic E-state index is 0.0933. The number of amides is 1. The van der Waals surface area contributed by atoms with E-state index in [-0.39, 0.29) is 22.8 Å². The first-order chi connectivity index (χ1) is 12.0. The highest BCUT2D eigenvalue weighted by Crippen LogP contribution is 2.27. The zero-order chi connectivity index (χ0) is 18.2. The lowest BCUT2D eigenvalue weighted by atomic mass is 10.1. The van der Waals surface area contributed by atoms with E-state index < -0.39 is 17.4 Å². The number of nitro groups is 1. The van der Waals surface area contributed by atoms with Crippen LogP contribution in [0.25, 0.3) is 0 Å². The molecule has 0 saturated heterocycles. The van der Waals surface area contributed by atoms with E-state index in [1.165, 1.54) is 24.3 Å². The standard InChI is InChI=1S/C17H15FN2O5/c18-14-4-1-12(2-5-14)7-8-19-17(22)11-25-16-6-3-13(10-21)9-15(16)20(23)24/h1-6,9-10H,7-8,11H2,(H,19,22). The minimum Gasteiger partial charge on any atom is -0.477 e. The van der Waals surface area contributed by atoms with Gasteiger partial charge in [-0.1, -0.05) is 12.1 Å². The Balaban J connectivity index is 1.84. The molecule has 25 heavy (non-hydrogen) atoms. The summed E-state index contributed by atoms with van der Waals surface area (Å²) >= 11 is 0. The molecular weight excluding hydrogens is 331 g/mol. The lowest BCUT2D eigenvalue weighted by molar-refractivity contribution is -0.385. The molecule has 0 spiro atoms. The van der Waals surface area contributed by atoms with Crippen molar-refractivity contribution in [2.24, 2.45) is 0 Å². The molecule has 0 aliphatic rings. The third kappa shape index (κ3) is 5.38. The van der Waals surface area contributed by atoms with Crippen LogP contribution >= 0.6 is 0 Å². The summed E-state index contributed by atoms with van der Waals surface area (Å²) in [6.45, 7) is -0.0787. The number of hydrogen-bond donors (Lipinski definition) is 1. The molecule has 8 heteroatoms. The summed E-state index contributed by atoms with van der Waals surface area (Å²) < 4.78 is 17.9. The molecule has 0 aromatic heterocycles. The summed E-state index contributed by atoms with van der Waals surface area (Å²) in [7, 11) is 0. The number of benzene rings is 2. The number of aldehydes is 1. The first-order valence-corrected chi connectivity index (χ1v) is 7.37. The molecule has 0 heterocycles. The van der Waals surface area contributed by atoms with Gasteiger partial charge < -0.3 is 10.1 Å². The van der Waals surface area contributed by atoms with Crippen LogP contribution in [-0.4, -0.2) is 30.3 Å². The fourth-order valence-electron chi connectivity index (χ4n) is 2.06. The lowest BCUT2D eigenvalue weighted by Crippen LogP contribution is -2.30. The van der Waals surface area contributed by atoms with Crippen molar-refractivity contribution in [3.05, 3.63) is 69.5 Å². The predicted molar refractivity (Wildman–Crippen MR) is 87.1 cm³/mol. The average Bonchev–Trinajstić information content (AvgIpc) is 2.61. The second kappa shape index (κ2) is 8.53. The van der Waals surface area contributed by atoms with Crippen molar-refractivity contribution < 1.29 is 23.6 Å². The van der Waals surface area contributed by atoms with Gasteiger partial charge in [0.15, 0.2) is 12.4 Å². The quantitative estimate of drug-likeness (QED) is 0.449. The molecule has 2 aromatic rings. The van der Waals surface area contributed by atoms with E-state index in [0.29, 0.717) is 19.3 Å². The van der Waals surface area contributed by atoms with E-state index in [1.54, 1.807) is 12.1 Å². The summed E-state index contributed by atoms with van der Waals surface area (Å²) in [5, 5.41) is 13.6. The fraction of sp³-hybridized carbons (Fsp3) is 0.176. The van der Waals surface area contributed by atoms with E-state index in [9.17, 15) is 24.1 Å².